The van der Waals surface area contributed by atoms with Gasteiger partial charge >= 0.3 is 0 Å². The summed E-state index contributed by atoms with van der Waals surface area (Å²) in [5, 5.41) is 4.34. The fourth-order valence-corrected chi connectivity index (χ4v) is 4.33. The van der Waals surface area contributed by atoms with E-state index in [9.17, 15) is 9.59 Å². The van der Waals surface area contributed by atoms with Gasteiger partial charge in [0.15, 0.2) is 0 Å². The minimum Gasteiger partial charge on any atom is -0.352 e. The van der Waals surface area contributed by atoms with Crippen LogP contribution in [-0.4, -0.2) is 28.8 Å². The van der Waals surface area contributed by atoms with Crippen molar-refractivity contribution in [2.75, 3.05) is 0 Å². The first kappa shape index (κ1) is 22.6. The highest BCUT2D eigenvalue weighted by atomic mass is 35.5. The molecule has 0 spiro atoms. The zero-order valence-electron chi connectivity index (χ0n) is 17.2. The van der Waals surface area contributed by atoms with Crippen molar-refractivity contribution in [2.45, 2.75) is 64.1 Å². The first-order chi connectivity index (χ1) is 14.4. The van der Waals surface area contributed by atoms with Crippen LogP contribution >= 0.6 is 23.2 Å². The lowest BCUT2D eigenvalue weighted by atomic mass is 9.95. The third-order valence-electron chi connectivity index (χ3n) is 5.61. The first-order valence-corrected chi connectivity index (χ1v) is 11.3. The van der Waals surface area contributed by atoms with Gasteiger partial charge < -0.3 is 10.2 Å². The maximum Gasteiger partial charge on any atom is 0.242 e. The molecule has 4 nitrogen and oxygen atoms in total. The zero-order valence-corrected chi connectivity index (χ0v) is 18.8. The van der Waals surface area contributed by atoms with Crippen LogP contribution in [0.15, 0.2) is 48.5 Å². The topological polar surface area (TPSA) is 49.4 Å². The molecule has 0 unspecified atom stereocenters. The van der Waals surface area contributed by atoms with E-state index in [1.165, 1.54) is 6.42 Å². The summed E-state index contributed by atoms with van der Waals surface area (Å²) in [5.74, 6) is -0.230. The molecule has 6 heteroatoms. The summed E-state index contributed by atoms with van der Waals surface area (Å²) in [6.45, 7) is 2.11. The molecule has 1 atom stereocenters. The first-order valence-electron chi connectivity index (χ1n) is 10.5. The SMILES string of the molecule is C[C@H](C(=O)NC1CCCCC1)N(Cc1cccc(Cl)c1)C(=O)Cc1cccc(Cl)c1. The number of benzene rings is 2. The molecule has 1 N–H and O–H groups in total. The summed E-state index contributed by atoms with van der Waals surface area (Å²) in [6.07, 6.45) is 5.69. The number of rotatable bonds is 7. The predicted octanol–water partition coefficient (Wildman–Crippen LogP) is 5.40. The molecule has 0 aliphatic heterocycles. The molecule has 30 heavy (non-hydrogen) atoms. The van der Waals surface area contributed by atoms with Crippen LogP contribution in [0.25, 0.3) is 0 Å². The second-order valence-electron chi connectivity index (χ2n) is 7.98. The van der Waals surface area contributed by atoms with Gasteiger partial charge in [-0.3, -0.25) is 9.59 Å². The van der Waals surface area contributed by atoms with Gasteiger partial charge in [0, 0.05) is 22.6 Å². The lowest BCUT2D eigenvalue weighted by molar-refractivity contribution is -0.140. The standard InChI is InChI=1S/C24H28Cl2N2O2/c1-17(24(30)27-22-11-3-2-4-12-22)28(16-19-8-6-10-21(26)14-19)23(29)15-18-7-5-9-20(25)13-18/h5-10,13-14,17,22H,2-4,11-12,15-16H2,1H3,(H,27,30)/t17-/m1/s1. The Kier molecular flexibility index (Phi) is 8.17. The van der Waals surface area contributed by atoms with Crippen molar-refractivity contribution in [3.8, 4) is 0 Å². The number of amides is 2. The number of hydrogen-bond acceptors (Lipinski definition) is 2. The summed E-state index contributed by atoms with van der Waals surface area (Å²) in [4.78, 5) is 27.8. The minimum atomic E-state index is -0.586. The van der Waals surface area contributed by atoms with Gasteiger partial charge in [0.05, 0.1) is 6.42 Å². The smallest absolute Gasteiger partial charge is 0.242 e. The predicted molar refractivity (Wildman–Crippen MR) is 122 cm³/mol. The number of carbonyl (C=O) groups excluding carboxylic acids is 2. The highest BCUT2D eigenvalue weighted by Crippen LogP contribution is 2.20. The van der Waals surface area contributed by atoms with E-state index in [1.54, 1.807) is 30.0 Å². The Balaban J connectivity index is 1.76. The monoisotopic (exact) mass is 446 g/mol. The highest BCUT2D eigenvalue weighted by molar-refractivity contribution is 6.30. The van der Waals surface area contributed by atoms with Gasteiger partial charge in [-0.05, 0) is 55.2 Å². The van der Waals surface area contributed by atoms with Crippen LogP contribution in [0.2, 0.25) is 10.0 Å². The molecule has 160 valence electrons. The molecule has 0 saturated heterocycles. The number of nitrogens with one attached hydrogen (secondary N) is 1. The maximum absolute atomic E-state index is 13.2. The number of nitrogens with zero attached hydrogens (tertiary/aromatic N) is 1. The quantitative estimate of drug-likeness (QED) is 0.618. The van der Waals surface area contributed by atoms with E-state index in [4.69, 9.17) is 23.2 Å². The fourth-order valence-electron chi connectivity index (χ4n) is 3.91. The molecule has 1 aliphatic rings. The Morgan fingerprint density at radius 3 is 2.23 bits per heavy atom. The summed E-state index contributed by atoms with van der Waals surface area (Å²) in [7, 11) is 0. The van der Waals surface area contributed by atoms with Crippen molar-refractivity contribution in [3.05, 3.63) is 69.7 Å². The molecular formula is C24H28Cl2N2O2. The van der Waals surface area contributed by atoms with Crippen molar-refractivity contribution in [3.63, 3.8) is 0 Å². The molecule has 0 heterocycles. The number of hydrogen-bond donors (Lipinski definition) is 1. The normalized spacial score (nSPS) is 15.4. The lowest BCUT2D eigenvalue weighted by Crippen LogP contribution is -2.50. The molecule has 2 aromatic carbocycles. The number of carbonyl (C=O) groups is 2. The third-order valence-corrected chi connectivity index (χ3v) is 6.08. The minimum absolute atomic E-state index is 0.108. The molecule has 2 aromatic rings. The molecule has 2 amide bonds. The highest BCUT2D eigenvalue weighted by Gasteiger charge is 2.28. The fraction of sp³-hybridized carbons (Fsp3) is 0.417. The molecule has 1 saturated carbocycles. The third kappa shape index (κ3) is 6.48. The van der Waals surface area contributed by atoms with E-state index in [1.807, 2.05) is 30.3 Å². The largest absolute Gasteiger partial charge is 0.352 e. The molecule has 0 bridgehead atoms. The zero-order chi connectivity index (χ0) is 21.5. The van der Waals surface area contributed by atoms with E-state index in [2.05, 4.69) is 5.32 Å². The van der Waals surface area contributed by atoms with Crippen LogP contribution in [0, 0.1) is 0 Å². The molecule has 1 fully saturated rings. The van der Waals surface area contributed by atoms with Gasteiger partial charge in [-0.2, -0.15) is 0 Å². The van der Waals surface area contributed by atoms with Gasteiger partial charge in [0.25, 0.3) is 0 Å². The van der Waals surface area contributed by atoms with E-state index >= 15 is 0 Å². The average Bonchev–Trinajstić information content (AvgIpc) is 2.72. The molecule has 1 aliphatic carbocycles. The molecule has 0 aromatic heterocycles. The Bertz CT molecular complexity index is 881. The van der Waals surface area contributed by atoms with Crippen LogP contribution in [0.3, 0.4) is 0 Å². The molecular weight excluding hydrogens is 419 g/mol. The van der Waals surface area contributed by atoms with Gasteiger partial charge in [0.2, 0.25) is 11.8 Å². The van der Waals surface area contributed by atoms with Crippen LogP contribution in [0.1, 0.15) is 50.2 Å². The summed E-state index contributed by atoms with van der Waals surface area (Å²) < 4.78 is 0. The van der Waals surface area contributed by atoms with E-state index in [0.717, 1.165) is 36.8 Å². The van der Waals surface area contributed by atoms with Crippen LogP contribution in [-0.2, 0) is 22.6 Å². The van der Waals surface area contributed by atoms with Crippen LogP contribution in [0.5, 0.6) is 0 Å². The van der Waals surface area contributed by atoms with E-state index in [0.29, 0.717) is 16.6 Å². The van der Waals surface area contributed by atoms with Crippen LogP contribution in [0.4, 0.5) is 0 Å². The molecule has 3 rings (SSSR count). The van der Waals surface area contributed by atoms with E-state index < -0.39 is 6.04 Å². The lowest BCUT2D eigenvalue weighted by Gasteiger charge is -2.31. The second kappa shape index (κ2) is 10.8. The summed E-state index contributed by atoms with van der Waals surface area (Å²) in [6, 6.07) is 14.3. The maximum atomic E-state index is 13.2. The van der Waals surface area contributed by atoms with Crippen molar-refractivity contribution >= 4 is 35.0 Å². The second-order valence-corrected chi connectivity index (χ2v) is 8.85. The van der Waals surface area contributed by atoms with Crippen molar-refractivity contribution in [1.29, 1.82) is 0 Å². The Labute approximate surface area is 188 Å². The van der Waals surface area contributed by atoms with Crippen molar-refractivity contribution in [1.82, 2.24) is 10.2 Å². The van der Waals surface area contributed by atoms with Crippen molar-refractivity contribution < 1.29 is 9.59 Å². The molecule has 0 radical (unpaired) electrons. The van der Waals surface area contributed by atoms with Crippen LogP contribution < -0.4 is 5.32 Å². The Morgan fingerprint density at radius 2 is 1.60 bits per heavy atom. The summed E-state index contributed by atoms with van der Waals surface area (Å²) in [5.41, 5.74) is 1.71. The average molecular weight is 447 g/mol. The number of halogens is 2. The van der Waals surface area contributed by atoms with Gasteiger partial charge in [0.1, 0.15) is 6.04 Å². The van der Waals surface area contributed by atoms with E-state index in [-0.39, 0.29) is 24.3 Å². The van der Waals surface area contributed by atoms with Gasteiger partial charge in [-0.15, -0.1) is 0 Å². The van der Waals surface area contributed by atoms with Crippen molar-refractivity contribution in [2.24, 2.45) is 0 Å². The van der Waals surface area contributed by atoms with Gasteiger partial charge in [-0.1, -0.05) is 66.7 Å². The van der Waals surface area contributed by atoms with Gasteiger partial charge in [-0.25, -0.2) is 0 Å². The Morgan fingerprint density at radius 1 is 1.00 bits per heavy atom. The summed E-state index contributed by atoms with van der Waals surface area (Å²) >= 11 is 12.2. The Hall–Kier alpha value is -2.04.